The molecule has 6 rings (SSSR count). The molecule has 9 heteroatoms. The van der Waals surface area contributed by atoms with Crippen LogP contribution in [0.5, 0.6) is 5.75 Å². The third-order valence-corrected chi connectivity index (χ3v) is 7.05. The summed E-state index contributed by atoms with van der Waals surface area (Å²) in [5, 5.41) is 3.39. The van der Waals surface area contributed by atoms with E-state index in [1.54, 1.807) is 0 Å². The van der Waals surface area contributed by atoms with Gasteiger partial charge in [0, 0.05) is 69.4 Å². The Morgan fingerprint density at radius 1 is 0.973 bits per heavy atom. The minimum absolute atomic E-state index is 0.524. The number of piperazine rings is 1. The lowest BCUT2D eigenvalue weighted by molar-refractivity contribution is 0.0322. The lowest BCUT2D eigenvalue weighted by Gasteiger charge is -2.31. The van der Waals surface area contributed by atoms with Crippen molar-refractivity contribution in [1.29, 1.82) is 0 Å². The first-order valence-corrected chi connectivity index (χ1v) is 13.1. The van der Waals surface area contributed by atoms with E-state index in [2.05, 4.69) is 49.3 Å². The molecule has 0 atom stereocenters. The highest BCUT2D eigenvalue weighted by Gasteiger charge is 2.23. The van der Waals surface area contributed by atoms with E-state index in [4.69, 9.17) is 19.4 Å². The van der Waals surface area contributed by atoms with Crippen molar-refractivity contribution in [3.63, 3.8) is 0 Å². The monoisotopic (exact) mass is 499 g/mol. The fourth-order valence-corrected chi connectivity index (χ4v) is 5.04. The Balaban J connectivity index is 1.23. The van der Waals surface area contributed by atoms with Crippen molar-refractivity contribution in [3.05, 3.63) is 60.4 Å². The molecular weight excluding hydrogens is 466 g/mol. The van der Waals surface area contributed by atoms with Gasteiger partial charge in [-0.3, -0.25) is 14.9 Å². The molecule has 37 heavy (non-hydrogen) atoms. The zero-order valence-corrected chi connectivity index (χ0v) is 21.1. The lowest BCUT2D eigenvalue weighted by atomic mass is 10.0. The van der Waals surface area contributed by atoms with E-state index < -0.39 is 0 Å². The Kier molecular flexibility index (Phi) is 7.25. The summed E-state index contributed by atoms with van der Waals surface area (Å²) >= 11 is 0. The average Bonchev–Trinajstić information content (AvgIpc) is 2.98. The van der Waals surface area contributed by atoms with Crippen molar-refractivity contribution in [2.75, 3.05) is 82.1 Å². The molecule has 0 spiro atoms. The van der Waals surface area contributed by atoms with Gasteiger partial charge < -0.3 is 24.6 Å². The molecule has 3 aliphatic rings. The van der Waals surface area contributed by atoms with Gasteiger partial charge in [-0.2, -0.15) is 0 Å². The predicted octanol–water partition coefficient (Wildman–Crippen LogP) is 2.79. The normalized spacial score (nSPS) is 18.1. The number of hydrogen-bond acceptors (Lipinski definition) is 9. The van der Waals surface area contributed by atoms with Gasteiger partial charge in [0.15, 0.2) is 0 Å². The minimum atomic E-state index is 0.524. The highest BCUT2D eigenvalue weighted by atomic mass is 16.5. The van der Waals surface area contributed by atoms with Crippen LogP contribution in [0.25, 0.3) is 11.3 Å². The summed E-state index contributed by atoms with van der Waals surface area (Å²) in [6, 6.07) is 14.5. The third-order valence-electron chi connectivity index (χ3n) is 7.05. The number of rotatable bonds is 7. The summed E-state index contributed by atoms with van der Waals surface area (Å²) in [6.45, 7) is 9.52. The van der Waals surface area contributed by atoms with Gasteiger partial charge in [0.25, 0.3) is 0 Å². The van der Waals surface area contributed by atoms with Crippen LogP contribution in [-0.2, 0) is 4.74 Å². The molecule has 2 saturated heterocycles. The van der Waals surface area contributed by atoms with Crippen molar-refractivity contribution < 1.29 is 9.47 Å². The Bertz CT molecular complexity index is 1220. The molecule has 192 valence electrons. The predicted molar refractivity (Wildman–Crippen MR) is 146 cm³/mol. The fraction of sp³-hybridized carbons (Fsp3) is 0.393. The molecule has 0 amide bonds. The smallest absolute Gasteiger partial charge is 0.128 e. The maximum absolute atomic E-state index is 6.13. The van der Waals surface area contributed by atoms with Crippen LogP contribution in [0.15, 0.2) is 59.9 Å². The van der Waals surface area contributed by atoms with Gasteiger partial charge >= 0.3 is 0 Å². The first-order valence-electron chi connectivity index (χ1n) is 13.1. The minimum Gasteiger partial charge on any atom is -0.492 e. The molecule has 0 saturated carbocycles. The van der Waals surface area contributed by atoms with Crippen LogP contribution in [0.2, 0.25) is 0 Å². The lowest BCUT2D eigenvalue weighted by Crippen LogP contribution is -2.43. The summed E-state index contributed by atoms with van der Waals surface area (Å²) in [5.74, 6) is 1.86. The molecule has 1 N–H and O–H groups in total. The van der Waals surface area contributed by atoms with E-state index in [1.807, 2.05) is 36.8 Å². The van der Waals surface area contributed by atoms with Gasteiger partial charge in [-0.1, -0.05) is 12.1 Å². The number of pyridine rings is 2. The number of morpholine rings is 1. The number of nitrogens with zero attached hydrogens (tertiary/aromatic N) is 6. The van der Waals surface area contributed by atoms with E-state index in [1.165, 1.54) is 0 Å². The quantitative estimate of drug-likeness (QED) is 0.532. The zero-order valence-electron chi connectivity index (χ0n) is 21.1. The van der Waals surface area contributed by atoms with Crippen LogP contribution in [0.3, 0.4) is 0 Å². The maximum atomic E-state index is 6.13. The summed E-state index contributed by atoms with van der Waals surface area (Å²) in [5.41, 5.74) is 5.02. The molecule has 2 fully saturated rings. The SMILES string of the molecule is C1=NCN(c2ccc(N3CCNCC3)nc2)c2c1ccnc2-c1cccc(OCCN2CCOCC2)c1. The van der Waals surface area contributed by atoms with E-state index in [-0.39, 0.29) is 0 Å². The van der Waals surface area contributed by atoms with Crippen molar-refractivity contribution >= 4 is 23.4 Å². The molecule has 2 aromatic heterocycles. The largest absolute Gasteiger partial charge is 0.492 e. The number of aliphatic imine (C=N–C) groups is 1. The molecule has 9 nitrogen and oxygen atoms in total. The van der Waals surface area contributed by atoms with Crippen LogP contribution < -0.4 is 19.9 Å². The highest BCUT2D eigenvalue weighted by Crippen LogP contribution is 2.38. The molecule has 1 aromatic carbocycles. The second kappa shape index (κ2) is 11.2. The van der Waals surface area contributed by atoms with Gasteiger partial charge in [0.2, 0.25) is 0 Å². The second-order valence-corrected chi connectivity index (χ2v) is 9.42. The van der Waals surface area contributed by atoms with Gasteiger partial charge in [-0.15, -0.1) is 0 Å². The average molecular weight is 500 g/mol. The van der Waals surface area contributed by atoms with Crippen molar-refractivity contribution in [2.45, 2.75) is 0 Å². The van der Waals surface area contributed by atoms with Gasteiger partial charge in [-0.25, -0.2) is 4.98 Å². The second-order valence-electron chi connectivity index (χ2n) is 9.42. The van der Waals surface area contributed by atoms with Crippen LogP contribution in [0.4, 0.5) is 17.2 Å². The van der Waals surface area contributed by atoms with Crippen molar-refractivity contribution in [1.82, 2.24) is 20.2 Å². The van der Waals surface area contributed by atoms with Crippen LogP contribution in [0, 0.1) is 0 Å². The number of nitrogens with one attached hydrogen (secondary N) is 1. The Labute approximate surface area is 217 Å². The van der Waals surface area contributed by atoms with Crippen molar-refractivity contribution in [3.8, 4) is 17.0 Å². The van der Waals surface area contributed by atoms with Gasteiger partial charge in [0.1, 0.15) is 24.8 Å². The number of anilines is 3. The number of benzene rings is 1. The summed E-state index contributed by atoms with van der Waals surface area (Å²) < 4.78 is 11.6. The molecule has 3 aromatic rings. The number of hydrogen-bond donors (Lipinski definition) is 1. The molecule has 0 bridgehead atoms. The molecular formula is C28H33N7O2. The molecule has 0 aliphatic carbocycles. The van der Waals surface area contributed by atoms with Crippen LogP contribution in [-0.4, -0.2) is 93.4 Å². The standard InChI is InChI=1S/C28H33N7O2/c1-2-22(18-25(3-1)37-17-14-33-12-15-36-16-13-33)27-28-23(6-7-31-27)19-30-21-35(28)24-4-5-26(32-20-24)34-10-8-29-9-11-34/h1-7,18-20,29H,8-17,21H2. The van der Waals surface area contributed by atoms with Gasteiger partial charge in [-0.05, 0) is 30.3 Å². The maximum Gasteiger partial charge on any atom is 0.128 e. The Morgan fingerprint density at radius 2 is 1.86 bits per heavy atom. The van der Waals surface area contributed by atoms with Crippen molar-refractivity contribution in [2.24, 2.45) is 4.99 Å². The first kappa shape index (κ1) is 23.8. The summed E-state index contributed by atoms with van der Waals surface area (Å²) in [6.07, 6.45) is 5.73. The van der Waals surface area contributed by atoms with E-state index in [0.29, 0.717) is 13.3 Å². The zero-order chi connectivity index (χ0) is 24.9. The van der Waals surface area contributed by atoms with Gasteiger partial charge in [0.05, 0.1) is 36.5 Å². The number of ether oxygens (including phenoxy) is 2. The van der Waals surface area contributed by atoms with Crippen LogP contribution >= 0.6 is 0 Å². The topological polar surface area (TPSA) is 78.3 Å². The Hall–Kier alpha value is -3.53. The molecule has 0 radical (unpaired) electrons. The summed E-state index contributed by atoms with van der Waals surface area (Å²) in [4.78, 5) is 21.1. The van der Waals surface area contributed by atoms with E-state index in [0.717, 1.165) is 98.8 Å². The molecule has 5 heterocycles. The third kappa shape index (κ3) is 5.44. The molecule has 3 aliphatic heterocycles. The fourth-order valence-electron chi connectivity index (χ4n) is 5.04. The number of fused-ring (bicyclic) bond motifs is 1. The Morgan fingerprint density at radius 3 is 2.70 bits per heavy atom. The van der Waals surface area contributed by atoms with E-state index in [9.17, 15) is 0 Å². The van der Waals surface area contributed by atoms with E-state index >= 15 is 0 Å². The van der Waals surface area contributed by atoms with Crippen LogP contribution in [0.1, 0.15) is 5.56 Å². The molecule has 0 unspecified atom stereocenters. The number of aromatic nitrogens is 2. The first-order chi connectivity index (χ1) is 18.3. The highest BCUT2D eigenvalue weighted by molar-refractivity contribution is 5.97. The summed E-state index contributed by atoms with van der Waals surface area (Å²) in [7, 11) is 0.